The molecule has 1 aliphatic rings. The summed E-state index contributed by atoms with van der Waals surface area (Å²) in [5.74, 6) is -1.08. The number of rotatable bonds is 6. The van der Waals surface area contributed by atoms with E-state index >= 15 is 0 Å². The largest absolute Gasteiger partial charge is 0.573 e. The summed E-state index contributed by atoms with van der Waals surface area (Å²) in [7, 11) is 1.57. The molecule has 6 nitrogen and oxygen atoms in total. The zero-order valence-corrected chi connectivity index (χ0v) is 20.4. The lowest BCUT2D eigenvalue weighted by molar-refractivity contribution is -0.274. The number of benzene rings is 3. The molecule has 3 aromatic rings. The van der Waals surface area contributed by atoms with Crippen LogP contribution in [0.4, 0.5) is 18.9 Å². The van der Waals surface area contributed by atoms with Crippen molar-refractivity contribution in [1.29, 1.82) is 0 Å². The fourth-order valence-corrected chi connectivity index (χ4v) is 4.18. The van der Waals surface area contributed by atoms with E-state index in [9.17, 15) is 22.8 Å². The zero-order chi connectivity index (χ0) is 26.8. The van der Waals surface area contributed by atoms with Crippen LogP contribution < -0.4 is 20.1 Å². The van der Waals surface area contributed by atoms with Gasteiger partial charge in [-0.2, -0.15) is 0 Å². The molecular formula is C28H25F3N2O4. The monoisotopic (exact) mass is 510 g/mol. The second-order valence-corrected chi connectivity index (χ2v) is 9.21. The van der Waals surface area contributed by atoms with Crippen LogP contribution in [-0.2, 0) is 6.42 Å². The van der Waals surface area contributed by atoms with E-state index in [1.165, 1.54) is 36.4 Å². The topological polar surface area (TPSA) is 76.7 Å². The second-order valence-electron chi connectivity index (χ2n) is 9.21. The lowest BCUT2D eigenvalue weighted by atomic mass is 9.85. The molecule has 4 rings (SSSR count). The summed E-state index contributed by atoms with van der Waals surface area (Å²) in [6.07, 6.45) is -2.69. The molecule has 0 atom stereocenters. The Kier molecular flexibility index (Phi) is 6.98. The van der Waals surface area contributed by atoms with Crippen LogP contribution in [0, 0.1) is 0 Å². The van der Waals surface area contributed by atoms with Gasteiger partial charge < -0.3 is 20.1 Å². The molecule has 1 aliphatic heterocycles. The fourth-order valence-electron chi connectivity index (χ4n) is 4.18. The van der Waals surface area contributed by atoms with E-state index in [0.29, 0.717) is 17.0 Å². The minimum absolute atomic E-state index is 0.245. The van der Waals surface area contributed by atoms with Crippen molar-refractivity contribution in [2.24, 2.45) is 0 Å². The maximum atomic E-state index is 13.2. The number of halogens is 3. The lowest BCUT2D eigenvalue weighted by Gasteiger charge is -2.35. The Hall–Kier alpha value is -4.27. The molecule has 2 N–H and O–H groups in total. The normalized spacial score (nSPS) is 15.4. The highest BCUT2D eigenvalue weighted by atomic mass is 19.4. The molecule has 1 amide bonds. The van der Waals surface area contributed by atoms with Crippen LogP contribution in [0.25, 0.3) is 5.70 Å². The quantitative estimate of drug-likeness (QED) is 0.315. The number of amides is 1. The van der Waals surface area contributed by atoms with Gasteiger partial charge in [0.1, 0.15) is 11.5 Å². The van der Waals surface area contributed by atoms with Crippen molar-refractivity contribution in [1.82, 2.24) is 5.32 Å². The summed E-state index contributed by atoms with van der Waals surface area (Å²) >= 11 is 0. The predicted octanol–water partition coefficient (Wildman–Crippen LogP) is 5.99. The molecule has 0 aromatic heterocycles. The minimum Gasteiger partial charge on any atom is -0.497 e. The number of carbonyl (C=O) groups excluding carboxylic acids is 2. The number of ketones is 1. The number of nitrogens with one attached hydrogen (secondary N) is 2. The maximum absolute atomic E-state index is 13.2. The van der Waals surface area contributed by atoms with E-state index in [1.807, 2.05) is 32.0 Å². The summed E-state index contributed by atoms with van der Waals surface area (Å²) in [6, 6.07) is 16.9. The Labute approximate surface area is 212 Å². The Morgan fingerprint density at radius 1 is 1.03 bits per heavy atom. The summed E-state index contributed by atoms with van der Waals surface area (Å²) in [5, 5.41) is 5.94. The second kappa shape index (κ2) is 10.0. The van der Waals surface area contributed by atoms with Crippen molar-refractivity contribution in [2.75, 3.05) is 12.4 Å². The van der Waals surface area contributed by atoms with Gasteiger partial charge >= 0.3 is 6.36 Å². The third-order valence-electron chi connectivity index (χ3n) is 5.75. The van der Waals surface area contributed by atoms with E-state index < -0.39 is 18.0 Å². The Bertz CT molecular complexity index is 1380. The smallest absolute Gasteiger partial charge is 0.497 e. The number of anilines is 1. The molecule has 0 saturated carbocycles. The van der Waals surface area contributed by atoms with Gasteiger partial charge in [0.2, 0.25) is 0 Å². The number of allylic oxidation sites excluding steroid dienone is 1. The standard InChI is InChI=1S/C28H25F3N2O4/c1-27(2)16-18-11-12-20(36-3)14-22(18)23(33-27)15-24(34)17-7-6-8-19(13-17)32-26(35)21-9-4-5-10-25(21)37-28(29,30)31/h4-15,33H,16H2,1-3H3,(H,32,35)/b23-15-. The third-order valence-corrected chi connectivity index (χ3v) is 5.75. The summed E-state index contributed by atoms with van der Waals surface area (Å²) < 4.78 is 47.5. The highest BCUT2D eigenvalue weighted by molar-refractivity contribution is 6.10. The molecule has 37 heavy (non-hydrogen) atoms. The van der Waals surface area contributed by atoms with Gasteiger partial charge in [-0.15, -0.1) is 13.2 Å². The Morgan fingerprint density at radius 3 is 2.51 bits per heavy atom. The van der Waals surface area contributed by atoms with Gasteiger partial charge in [0.15, 0.2) is 5.78 Å². The van der Waals surface area contributed by atoms with Crippen LogP contribution in [-0.4, -0.2) is 30.7 Å². The van der Waals surface area contributed by atoms with Gasteiger partial charge in [-0.05, 0) is 62.2 Å². The van der Waals surface area contributed by atoms with Crippen molar-refractivity contribution < 1.29 is 32.2 Å². The first kappa shape index (κ1) is 25.8. The van der Waals surface area contributed by atoms with Crippen molar-refractivity contribution >= 4 is 23.1 Å². The average molecular weight is 511 g/mol. The Morgan fingerprint density at radius 2 is 1.78 bits per heavy atom. The Balaban J connectivity index is 1.59. The molecule has 3 aromatic carbocycles. The van der Waals surface area contributed by atoms with Crippen molar-refractivity contribution in [3.63, 3.8) is 0 Å². The van der Waals surface area contributed by atoms with E-state index in [0.717, 1.165) is 23.6 Å². The van der Waals surface area contributed by atoms with Crippen LogP contribution in [0.2, 0.25) is 0 Å². The molecule has 192 valence electrons. The highest BCUT2D eigenvalue weighted by Crippen LogP contribution is 2.33. The van der Waals surface area contributed by atoms with Gasteiger partial charge in [0.25, 0.3) is 5.91 Å². The molecule has 0 bridgehead atoms. The molecule has 0 radical (unpaired) electrons. The average Bonchev–Trinajstić information content (AvgIpc) is 2.82. The molecule has 0 saturated heterocycles. The van der Waals surface area contributed by atoms with Crippen LogP contribution in [0.3, 0.4) is 0 Å². The number of methoxy groups -OCH3 is 1. The van der Waals surface area contributed by atoms with E-state index in [2.05, 4.69) is 15.4 Å². The van der Waals surface area contributed by atoms with Gasteiger partial charge in [-0.1, -0.05) is 30.3 Å². The van der Waals surface area contributed by atoms with Crippen LogP contribution in [0.1, 0.15) is 45.7 Å². The molecule has 0 aliphatic carbocycles. The zero-order valence-electron chi connectivity index (χ0n) is 20.4. The van der Waals surface area contributed by atoms with E-state index in [1.54, 1.807) is 19.2 Å². The number of ether oxygens (including phenoxy) is 2. The van der Waals surface area contributed by atoms with Crippen LogP contribution in [0.5, 0.6) is 11.5 Å². The molecule has 0 unspecified atom stereocenters. The molecule has 1 heterocycles. The summed E-state index contributed by atoms with van der Waals surface area (Å²) in [4.78, 5) is 25.9. The van der Waals surface area contributed by atoms with Crippen LogP contribution in [0.15, 0.2) is 72.8 Å². The SMILES string of the molecule is COc1ccc2c(c1)/C(=C/C(=O)c1cccc(NC(=O)c3ccccc3OC(F)(F)F)c1)NC(C)(C)C2. The fraction of sp³-hybridized carbons (Fsp3) is 0.214. The number of fused-ring (bicyclic) bond motifs is 1. The first-order valence-electron chi connectivity index (χ1n) is 11.4. The number of carbonyl (C=O) groups is 2. The van der Waals surface area contributed by atoms with E-state index in [4.69, 9.17) is 4.74 Å². The summed E-state index contributed by atoms with van der Waals surface area (Å²) in [5.41, 5.74) is 2.53. The van der Waals surface area contributed by atoms with Crippen molar-refractivity contribution in [2.45, 2.75) is 32.2 Å². The molecule has 9 heteroatoms. The van der Waals surface area contributed by atoms with Gasteiger partial charge in [0.05, 0.1) is 12.7 Å². The van der Waals surface area contributed by atoms with Crippen molar-refractivity contribution in [3.05, 3.63) is 95.1 Å². The first-order valence-corrected chi connectivity index (χ1v) is 11.4. The third kappa shape index (κ3) is 6.30. The van der Waals surface area contributed by atoms with E-state index in [-0.39, 0.29) is 22.6 Å². The minimum atomic E-state index is -4.94. The molecular weight excluding hydrogens is 485 g/mol. The number of hydrogen-bond donors (Lipinski definition) is 2. The highest BCUT2D eigenvalue weighted by Gasteiger charge is 2.33. The number of alkyl halides is 3. The number of para-hydroxylation sites is 1. The predicted molar refractivity (Wildman–Crippen MR) is 134 cm³/mol. The molecule has 0 fully saturated rings. The lowest BCUT2D eigenvalue weighted by Crippen LogP contribution is -2.43. The van der Waals surface area contributed by atoms with Gasteiger partial charge in [-0.25, -0.2) is 0 Å². The molecule has 0 spiro atoms. The van der Waals surface area contributed by atoms with Gasteiger partial charge in [-0.3, -0.25) is 9.59 Å². The number of hydrogen-bond acceptors (Lipinski definition) is 5. The summed E-state index contributed by atoms with van der Waals surface area (Å²) in [6.45, 7) is 4.07. The first-order chi connectivity index (χ1) is 17.4. The maximum Gasteiger partial charge on any atom is 0.573 e. The van der Waals surface area contributed by atoms with Gasteiger partial charge in [0, 0.05) is 34.1 Å². The van der Waals surface area contributed by atoms with Crippen molar-refractivity contribution in [3.8, 4) is 11.5 Å². The van der Waals surface area contributed by atoms with Crippen LogP contribution >= 0.6 is 0 Å².